The van der Waals surface area contributed by atoms with Crippen LogP contribution in [-0.4, -0.2) is 7.11 Å². The second-order valence-corrected chi connectivity index (χ2v) is 7.35. The van der Waals surface area contributed by atoms with E-state index < -0.39 is 0 Å². The van der Waals surface area contributed by atoms with Gasteiger partial charge in [-0.2, -0.15) is 5.26 Å². The smallest absolute Gasteiger partial charge is 0.161 e. The minimum absolute atomic E-state index is 0.408. The summed E-state index contributed by atoms with van der Waals surface area (Å²) in [7, 11) is 1.60. The summed E-state index contributed by atoms with van der Waals surface area (Å²) in [6.07, 6.45) is 1.83. The van der Waals surface area contributed by atoms with Crippen LogP contribution >= 0.6 is 27.5 Å². The average Bonchev–Trinajstić information content (AvgIpc) is 2.72. The fourth-order valence-corrected chi connectivity index (χ4v) is 3.00. The second-order valence-electron chi connectivity index (χ2n) is 6.00. The van der Waals surface area contributed by atoms with Crippen LogP contribution in [0.5, 0.6) is 11.5 Å². The van der Waals surface area contributed by atoms with Crippen molar-refractivity contribution in [3.8, 4) is 17.6 Å². The van der Waals surface area contributed by atoms with Gasteiger partial charge in [-0.25, -0.2) is 0 Å². The van der Waals surface area contributed by atoms with Gasteiger partial charge < -0.3 is 9.47 Å². The molecule has 0 heterocycles. The number of hydrogen-bond donors (Lipinski definition) is 0. The number of nitrogens with zero attached hydrogens (tertiary/aromatic N) is 1. The van der Waals surface area contributed by atoms with Crippen LogP contribution in [0.2, 0.25) is 5.02 Å². The summed E-state index contributed by atoms with van der Waals surface area (Å²) in [5.41, 5.74) is 3.30. The van der Waals surface area contributed by atoms with E-state index in [0.29, 0.717) is 28.7 Å². The predicted molar refractivity (Wildman–Crippen MR) is 116 cm³/mol. The Labute approximate surface area is 177 Å². The molecule has 0 atom stereocenters. The third-order valence-corrected chi connectivity index (χ3v) is 4.86. The fourth-order valence-electron chi connectivity index (χ4n) is 2.61. The SMILES string of the molecule is COc1cc(/C=C(/C#N)c2ccc(Br)cc2)ccc1OCc1ccc(Cl)cc1. The van der Waals surface area contributed by atoms with Gasteiger partial charge >= 0.3 is 0 Å². The van der Waals surface area contributed by atoms with Crippen LogP contribution in [0.15, 0.2) is 71.2 Å². The number of allylic oxidation sites excluding steroid dienone is 1. The second kappa shape index (κ2) is 9.45. The van der Waals surface area contributed by atoms with Gasteiger partial charge in [-0.15, -0.1) is 0 Å². The van der Waals surface area contributed by atoms with Crippen LogP contribution in [-0.2, 0) is 6.61 Å². The Kier molecular flexibility index (Phi) is 6.76. The van der Waals surface area contributed by atoms with Crippen molar-refractivity contribution in [2.45, 2.75) is 6.61 Å². The van der Waals surface area contributed by atoms with Gasteiger partial charge in [-0.3, -0.25) is 0 Å². The van der Waals surface area contributed by atoms with Crippen LogP contribution in [0, 0.1) is 11.3 Å². The summed E-state index contributed by atoms with van der Waals surface area (Å²) in [4.78, 5) is 0. The van der Waals surface area contributed by atoms with E-state index in [0.717, 1.165) is 21.2 Å². The van der Waals surface area contributed by atoms with E-state index in [1.54, 1.807) is 7.11 Å². The van der Waals surface area contributed by atoms with E-state index in [2.05, 4.69) is 22.0 Å². The highest BCUT2D eigenvalue weighted by Crippen LogP contribution is 2.30. The predicted octanol–water partition coefficient (Wildman–Crippen LogP) is 6.75. The minimum atomic E-state index is 0.408. The van der Waals surface area contributed by atoms with E-state index in [9.17, 15) is 5.26 Å². The number of ether oxygens (including phenoxy) is 2. The molecule has 28 heavy (non-hydrogen) atoms. The maximum absolute atomic E-state index is 9.53. The van der Waals surface area contributed by atoms with Gasteiger partial charge in [0.1, 0.15) is 6.61 Å². The molecule has 0 saturated heterocycles. The highest BCUT2D eigenvalue weighted by atomic mass is 79.9. The summed E-state index contributed by atoms with van der Waals surface area (Å²) in [5.74, 6) is 1.24. The minimum Gasteiger partial charge on any atom is -0.493 e. The zero-order valence-electron chi connectivity index (χ0n) is 15.2. The van der Waals surface area contributed by atoms with Gasteiger partial charge in [-0.1, -0.05) is 57.9 Å². The van der Waals surface area contributed by atoms with Crippen molar-refractivity contribution < 1.29 is 9.47 Å². The maximum Gasteiger partial charge on any atom is 0.161 e. The number of hydrogen-bond acceptors (Lipinski definition) is 3. The first-order valence-corrected chi connectivity index (χ1v) is 9.69. The van der Waals surface area contributed by atoms with E-state index >= 15 is 0 Å². The molecule has 3 rings (SSSR count). The Morgan fingerprint density at radius 3 is 2.39 bits per heavy atom. The van der Waals surface area contributed by atoms with Gasteiger partial charge in [0.15, 0.2) is 11.5 Å². The first-order valence-electron chi connectivity index (χ1n) is 8.52. The molecule has 140 valence electrons. The summed E-state index contributed by atoms with van der Waals surface area (Å²) in [5, 5.41) is 10.2. The molecule has 3 aromatic carbocycles. The zero-order chi connectivity index (χ0) is 19.9. The third-order valence-electron chi connectivity index (χ3n) is 4.08. The first-order chi connectivity index (χ1) is 13.6. The van der Waals surface area contributed by atoms with Crippen molar-refractivity contribution in [1.82, 2.24) is 0 Å². The van der Waals surface area contributed by atoms with Crippen LogP contribution in [0.4, 0.5) is 0 Å². The van der Waals surface area contributed by atoms with Crippen molar-refractivity contribution in [3.05, 3.63) is 92.9 Å². The monoisotopic (exact) mass is 453 g/mol. The molecule has 0 amide bonds. The molecule has 0 saturated carbocycles. The number of halogens is 2. The molecule has 0 bridgehead atoms. The molecule has 0 radical (unpaired) electrons. The lowest BCUT2D eigenvalue weighted by molar-refractivity contribution is 0.284. The molecule has 5 heteroatoms. The van der Waals surface area contributed by atoms with Gasteiger partial charge in [0.2, 0.25) is 0 Å². The van der Waals surface area contributed by atoms with Crippen molar-refractivity contribution in [3.63, 3.8) is 0 Å². The average molecular weight is 455 g/mol. The van der Waals surface area contributed by atoms with Crippen LogP contribution in [0.3, 0.4) is 0 Å². The Hall–Kier alpha value is -2.74. The van der Waals surface area contributed by atoms with Crippen LogP contribution in [0.25, 0.3) is 11.6 Å². The van der Waals surface area contributed by atoms with Crippen molar-refractivity contribution in [2.24, 2.45) is 0 Å². The van der Waals surface area contributed by atoms with Gasteiger partial charge in [-0.05, 0) is 59.2 Å². The molecule has 0 N–H and O–H groups in total. The third kappa shape index (κ3) is 5.16. The highest BCUT2D eigenvalue weighted by molar-refractivity contribution is 9.10. The van der Waals surface area contributed by atoms with E-state index in [1.807, 2.05) is 72.8 Å². The molecule has 0 spiro atoms. The van der Waals surface area contributed by atoms with Gasteiger partial charge in [0.05, 0.1) is 18.8 Å². The number of rotatable bonds is 6. The van der Waals surface area contributed by atoms with E-state index in [1.165, 1.54) is 0 Å². The molecule has 0 unspecified atom stereocenters. The topological polar surface area (TPSA) is 42.2 Å². The maximum atomic E-state index is 9.53. The lowest BCUT2D eigenvalue weighted by Crippen LogP contribution is -1.98. The molecule has 0 aliphatic rings. The Morgan fingerprint density at radius 1 is 1.04 bits per heavy atom. The molecular formula is C23H17BrClNO2. The summed E-state index contributed by atoms with van der Waals surface area (Å²) in [6.45, 7) is 0.408. The van der Waals surface area contributed by atoms with Crippen molar-refractivity contribution in [1.29, 1.82) is 5.26 Å². The molecule has 3 nitrogen and oxygen atoms in total. The summed E-state index contributed by atoms with van der Waals surface area (Å²) in [6, 6.07) is 23.0. The number of nitriles is 1. The molecule has 0 fully saturated rings. The number of benzene rings is 3. The lowest BCUT2D eigenvalue weighted by atomic mass is 10.0. The Morgan fingerprint density at radius 2 is 1.75 bits per heavy atom. The Balaban J connectivity index is 1.80. The summed E-state index contributed by atoms with van der Waals surface area (Å²) >= 11 is 9.31. The molecule has 0 aromatic heterocycles. The van der Waals surface area contributed by atoms with Crippen molar-refractivity contribution in [2.75, 3.05) is 7.11 Å². The van der Waals surface area contributed by atoms with E-state index in [-0.39, 0.29) is 0 Å². The standard InChI is InChI=1S/C23H17BrClNO2/c1-27-23-13-17(12-19(14-26)18-5-7-20(24)8-6-18)4-11-22(23)28-15-16-2-9-21(25)10-3-16/h2-13H,15H2,1H3/b19-12-. The zero-order valence-corrected chi connectivity index (χ0v) is 17.5. The summed E-state index contributed by atoms with van der Waals surface area (Å²) < 4.78 is 12.3. The molecule has 0 aliphatic carbocycles. The normalized spacial score (nSPS) is 11.0. The largest absolute Gasteiger partial charge is 0.493 e. The quantitative estimate of drug-likeness (QED) is 0.305. The van der Waals surface area contributed by atoms with Crippen molar-refractivity contribution >= 4 is 39.2 Å². The van der Waals surface area contributed by atoms with E-state index in [4.69, 9.17) is 21.1 Å². The highest BCUT2D eigenvalue weighted by Gasteiger charge is 2.07. The lowest BCUT2D eigenvalue weighted by Gasteiger charge is -2.12. The molecular weight excluding hydrogens is 438 g/mol. The van der Waals surface area contributed by atoms with Gasteiger partial charge in [0.25, 0.3) is 0 Å². The fraction of sp³-hybridized carbons (Fsp3) is 0.0870. The van der Waals surface area contributed by atoms with Crippen LogP contribution in [0.1, 0.15) is 16.7 Å². The Bertz CT molecular complexity index is 1020. The molecule has 3 aromatic rings. The first kappa shape index (κ1) is 20.0. The van der Waals surface area contributed by atoms with Gasteiger partial charge in [0, 0.05) is 9.50 Å². The van der Waals surface area contributed by atoms with Crippen LogP contribution < -0.4 is 9.47 Å². The molecule has 0 aliphatic heterocycles. The number of methoxy groups -OCH3 is 1.